The highest BCUT2D eigenvalue weighted by Gasteiger charge is 2.19. The van der Waals surface area contributed by atoms with E-state index in [4.69, 9.17) is 16.3 Å². The molecule has 1 amide bonds. The van der Waals surface area contributed by atoms with Crippen LogP contribution >= 0.6 is 27.5 Å². The first-order valence-corrected chi connectivity index (χ1v) is 7.25. The molecule has 0 spiro atoms. The molecule has 22 heavy (non-hydrogen) atoms. The van der Waals surface area contributed by atoms with Crippen LogP contribution in [-0.2, 0) is 11.3 Å². The van der Waals surface area contributed by atoms with E-state index >= 15 is 0 Å². The number of benzene rings is 2. The van der Waals surface area contributed by atoms with Crippen molar-refractivity contribution in [1.29, 1.82) is 0 Å². The number of amides is 1. The zero-order chi connectivity index (χ0) is 16.1. The fraction of sp³-hybridized carbons (Fsp3) is 0.0714. The van der Waals surface area contributed by atoms with Gasteiger partial charge >= 0.3 is 6.09 Å². The van der Waals surface area contributed by atoms with E-state index < -0.39 is 11.0 Å². The van der Waals surface area contributed by atoms with Crippen molar-refractivity contribution in [2.45, 2.75) is 6.61 Å². The van der Waals surface area contributed by atoms with Crippen molar-refractivity contribution in [1.82, 2.24) is 0 Å². The number of halogens is 2. The number of rotatable bonds is 4. The molecule has 0 aromatic heterocycles. The Balaban J connectivity index is 2.08. The van der Waals surface area contributed by atoms with Crippen LogP contribution in [0.5, 0.6) is 0 Å². The summed E-state index contributed by atoms with van der Waals surface area (Å²) in [5.41, 5.74) is 0.491. The predicted octanol–water partition coefficient (Wildman–Crippen LogP) is 4.76. The zero-order valence-electron chi connectivity index (χ0n) is 11.1. The van der Waals surface area contributed by atoms with Gasteiger partial charge in [-0.05, 0) is 27.6 Å². The SMILES string of the molecule is O=C(Nc1cc(Cl)c(Br)cc1[N+](=O)[O-])OCc1ccccc1. The van der Waals surface area contributed by atoms with Gasteiger partial charge in [0.15, 0.2) is 0 Å². The molecule has 8 heteroatoms. The minimum atomic E-state index is -0.801. The molecular weight excluding hydrogens is 376 g/mol. The van der Waals surface area contributed by atoms with Crippen molar-refractivity contribution in [3.63, 3.8) is 0 Å². The van der Waals surface area contributed by atoms with Gasteiger partial charge in [0.2, 0.25) is 0 Å². The number of hydrogen-bond donors (Lipinski definition) is 1. The number of nitrogens with zero attached hydrogens (tertiary/aromatic N) is 1. The summed E-state index contributed by atoms with van der Waals surface area (Å²) in [6, 6.07) is 11.6. The molecule has 0 saturated heterocycles. The van der Waals surface area contributed by atoms with Crippen LogP contribution in [0.1, 0.15) is 5.56 Å². The third-order valence-corrected chi connectivity index (χ3v) is 3.88. The molecule has 114 valence electrons. The third kappa shape index (κ3) is 4.19. The standard InChI is InChI=1S/C14H10BrClN2O4/c15-10-6-13(18(20)21)12(7-11(10)16)17-14(19)22-8-9-4-2-1-3-5-9/h1-7H,8H2,(H,17,19). The lowest BCUT2D eigenvalue weighted by atomic mass is 10.2. The Morgan fingerprint density at radius 3 is 2.64 bits per heavy atom. The highest BCUT2D eigenvalue weighted by atomic mass is 79.9. The monoisotopic (exact) mass is 384 g/mol. The number of nitro groups is 1. The summed E-state index contributed by atoms with van der Waals surface area (Å²) in [6.45, 7) is 0.0602. The minimum absolute atomic E-state index is 0.0312. The summed E-state index contributed by atoms with van der Waals surface area (Å²) in [7, 11) is 0. The van der Waals surface area contributed by atoms with Gasteiger partial charge in [-0.1, -0.05) is 41.9 Å². The van der Waals surface area contributed by atoms with Gasteiger partial charge in [0.05, 0.1) is 9.95 Å². The maximum atomic E-state index is 11.7. The summed E-state index contributed by atoms with van der Waals surface area (Å²) in [6.07, 6.45) is -0.801. The second-order valence-electron chi connectivity index (χ2n) is 4.23. The Kier molecular flexibility index (Phi) is 5.35. The number of nitrogens with one attached hydrogen (secondary N) is 1. The molecule has 0 radical (unpaired) electrons. The second-order valence-corrected chi connectivity index (χ2v) is 5.49. The smallest absolute Gasteiger partial charge is 0.412 e. The molecular formula is C14H10BrClN2O4. The average molecular weight is 386 g/mol. The number of hydrogen-bond acceptors (Lipinski definition) is 4. The van der Waals surface area contributed by atoms with Gasteiger partial charge < -0.3 is 4.74 Å². The van der Waals surface area contributed by atoms with Crippen LogP contribution in [0.3, 0.4) is 0 Å². The molecule has 1 N–H and O–H groups in total. The highest BCUT2D eigenvalue weighted by molar-refractivity contribution is 9.10. The Bertz CT molecular complexity index is 709. The van der Waals surface area contributed by atoms with E-state index in [2.05, 4.69) is 21.2 Å². The fourth-order valence-electron chi connectivity index (χ4n) is 1.66. The molecule has 0 heterocycles. The van der Waals surface area contributed by atoms with Crippen molar-refractivity contribution in [2.75, 3.05) is 5.32 Å². The number of nitro benzene ring substituents is 1. The second kappa shape index (κ2) is 7.24. The van der Waals surface area contributed by atoms with Crippen LogP contribution < -0.4 is 5.32 Å². The van der Waals surface area contributed by atoms with Gasteiger partial charge in [-0.3, -0.25) is 15.4 Å². The van der Waals surface area contributed by atoms with Crippen LogP contribution in [0.15, 0.2) is 46.9 Å². The largest absolute Gasteiger partial charge is 0.444 e. The molecule has 0 fully saturated rings. The van der Waals surface area contributed by atoms with E-state index in [1.807, 2.05) is 18.2 Å². The predicted molar refractivity (Wildman–Crippen MR) is 86.1 cm³/mol. The van der Waals surface area contributed by atoms with E-state index in [9.17, 15) is 14.9 Å². The Morgan fingerprint density at radius 2 is 2.00 bits per heavy atom. The highest BCUT2D eigenvalue weighted by Crippen LogP contribution is 2.34. The van der Waals surface area contributed by atoms with Crippen molar-refractivity contribution >= 4 is 45.0 Å². The summed E-state index contributed by atoms with van der Waals surface area (Å²) in [4.78, 5) is 22.1. The molecule has 0 aliphatic rings. The van der Waals surface area contributed by atoms with Gasteiger partial charge in [0, 0.05) is 10.5 Å². The van der Waals surface area contributed by atoms with Gasteiger partial charge in [0.25, 0.3) is 5.69 Å². The van der Waals surface area contributed by atoms with Gasteiger partial charge in [0.1, 0.15) is 12.3 Å². The van der Waals surface area contributed by atoms with E-state index in [0.717, 1.165) is 5.56 Å². The van der Waals surface area contributed by atoms with Gasteiger partial charge in [-0.2, -0.15) is 0 Å². The summed E-state index contributed by atoms with van der Waals surface area (Å²) in [5.74, 6) is 0. The van der Waals surface area contributed by atoms with Crippen LogP contribution in [-0.4, -0.2) is 11.0 Å². The molecule has 0 saturated carbocycles. The molecule has 2 aromatic rings. The van der Waals surface area contributed by atoms with Crippen molar-refractivity contribution in [2.24, 2.45) is 0 Å². The van der Waals surface area contributed by atoms with Crippen molar-refractivity contribution in [3.8, 4) is 0 Å². The van der Waals surface area contributed by atoms with Gasteiger partial charge in [-0.15, -0.1) is 0 Å². The molecule has 2 rings (SSSR count). The first kappa shape index (κ1) is 16.3. The minimum Gasteiger partial charge on any atom is -0.444 e. The normalized spacial score (nSPS) is 10.1. The number of carbonyl (C=O) groups excluding carboxylic acids is 1. The van der Waals surface area contributed by atoms with Crippen LogP contribution in [0.4, 0.5) is 16.2 Å². The van der Waals surface area contributed by atoms with Crippen LogP contribution in [0.2, 0.25) is 5.02 Å². The van der Waals surface area contributed by atoms with Crippen LogP contribution in [0, 0.1) is 10.1 Å². The lowest BCUT2D eigenvalue weighted by Crippen LogP contribution is -2.14. The Morgan fingerprint density at radius 1 is 1.32 bits per heavy atom. The first-order chi connectivity index (χ1) is 10.5. The zero-order valence-corrected chi connectivity index (χ0v) is 13.4. The maximum absolute atomic E-state index is 11.7. The van der Waals surface area contributed by atoms with Gasteiger partial charge in [-0.25, -0.2) is 4.79 Å². The first-order valence-electron chi connectivity index (χ1n) is 6.08. The molecule has 6 nitrogen and oxygen atoms in total. The molecule has 2 aromatic carbocycles. The number of ether oxygens (including phenoxy) is 1. The molecule has 0 atom stereocenters. The summed E-state index contributed by atoms with van der Waals surface area (Å²) in [5, 5.41) is 13.6. The van der Waals surface area contributed by atoms with E-state index in [1.54, 1.807) is 12.1 Å². The topological polar surface area (TPSA) is 81.5 Å². The Hall–Kier alpha value is -2.12. The molecule has 0 aliphatic heterocycles. The molecule has 0 bridgehead atoms. The number of anilines is 1. The average Bonchev–Trinajstić information content (AvgIpc) is 2.49. The van der Waals surface area contributed by atoms with E-state index in [-0.39, 0.29) is 23.0 Å². The fourth-order valence-corrected chi connectivity index (χ4v) is 2.15. The van der Waals surface area contributed by atoms with Crippen molar-refractivity contribution in [3.05, 3.63) is 67.6 Å². The summed E-state index contributed by atoms with van der Waals surface area (Å²) < 4.78 is 5.37. The summed E-state index contributed by atoms with van der Waals surface area (Å²) >= 11 is 8.98. The van der Waals surface area contributed by atoms with Crippen molar-refractivity contribution < 1.29 is 14.5 Å². The molecule has 0 unspecified atom stereocenters. The quantitative estimate of drug-likeness (QED) is 0.608. The van der Waals surface area contributed by atoms with Crippen LogP contribution in [0.25, 0.3) is 0 Å². The maximum Gasteiger partial charge on any atom is 0.412 e. The molecule has 0 aliphatic carbocycles. The lowest BCUT2D eigenvalue weighted by molar-refractivity contribution is -0.384. The number of carbonyl (C=O) groups is 1. The van der Waals surface area contributed by atoms with E-state index in [1.165, 1.54) is 12.1 Å². The third-order valence-electron chi connectivity index (χ3n) is 2.68. The lowest BCUT2D eigenvalue weighted by Gasteiger charge is -2.08. The van der Waals surface area contributed by atoms with E-state index in [0.29, 0.717) is 4.47 Å². The Labute approximate surface area is 139 Å².